The van der Waals surface area contributed by atoms with Gasteiger partial charge < -0.3 is 0 Å². The Morgan fingerprint density at radius 3 is 0.667 bits per heavy atom. The molecule has 0 aliphatic carbocycles. The summed E-state index contributed by atoms with van der Waals surface area (Å²) in [4.78, 5) is 0. The first-order valence-electron chi connectivity index (χ1n) is 0.570. The van der Waals surface area contributed by atoms with Gasteiger partial charge in [-0.05, 0) is 0 Å². The van der Waals surface area contributed by atoms with Crippen molar-refractivity contribution in [3.63, 3.8) is 0 Å². The molecule has 0 aliphatic heterocycles. The normalized spacial score (nSPS) is 19.2. The van der Waals surface area contributed by atoms with Crippen molar-refractivity contribution in [3.05, 3.63) is 0 Å². The molecule has 0 N–H and O–H groups in total. The van der Waals surface area contributed by atoms with Gasteiger partial charge in [0.15, 0.2) is 0 Å². The Bertz CT molecular complexity index is 37.1. The zero-order valence-corrected chi connectivity index (χ0v) is 4.36. The van der Waals surface area contributed by atoms with Crippen LogP contribution in [0.15, 0.2) is 0 Å². The van der Waals surface area contributed by atoms with Crippen LogP contribution in [0.4, 0.5) is 15.1 Å². The van der Waals surface area contributed by atoms with Crippen molar-refractivity contribution in [2.75, 3.05) is 0 Å². The average molecular weight is 292 g/mol. The van der Waals surface area contributed by atoms with E-state index in [0.29, 0.717) is 0 Å². The second kappa shape index (κ2) is 0.962. The van der Waals surface area contributed by atoms with E-state index >= 15 is 0 Å². The van der Waals surface area contributed by atoms with Gasteiger partial charge >= 0.3 is 33.7 Å². The zero-order chi connectivity index (χ0) is 5.45. The number of rotatable bonds is 0. The Balaban J connectivity index is 3.73. The summed E-state index contributed by atoms with van der Waals surface area (Å²) < 4.78 is 49.4. The molecule has 0 rings (SSSR count). The molecule has 0 nitrogen and oxygen atoms in total. The Labute approximate surface area is 34.4 Å². The summed E-state index contributed by atoms with van der Waals surface area (Å²) in [5.74, 6) is 0. The molecule has 0 saturated carbocycles. The third kappa shape index (κ3) is 331. The molecule has 46 valence electrons. The van der Waals surface area contributed by atoms with Crippen LogP contribution >= 0.6 is 0 Å². The second-order valence-electron chi connectivity index (χ2n) is 0.431. The van der Waals surface area contributed by atoms with Gasteiger partial charge in [0.1, 0.15) is 0 Å². The molecule has 6 heteroatoms. The van der Waals surface area contributed by atoms with Crippen LogP contribution in [-0.4, -0.2) is 0 Å². The fraction of sp³-hybridized carbons (Fsp3) is 0. The van der Waals surface area contributed by atoms with Crippen LogP contribution in [0.2, 0.25) is 0 Å². The molecule has 0 aromatic rings. The molecule has 0 spiro atoms. The summed E-state index contributed by atoms with van der Waals surface area (Å²) >= 11 is -9.00. The Hall–Kier alpha value is 0.390. The van der Waals surface area contributed by atoms with Gasteiger partial charge in [-0.2, -0.15) is 0 Å². The SMILES string of the molecule is [F][Au]([F])([F])([F])[F]. The predicted octanol–water partition coefficient (Wildman–Crippen LogP) is 2.10. The molecule has 0 fully saturated rings. The predicted molar refractivity (Wildman–Crippen MR) is 5.54 cm³/mol. The quantitative estimate of drug-likeness (QED) is 0.474. The van der Waals surface area contributed by atoms with Gasteiger partial charge in [0.2, 0.25) is 0 Å². The summed E-state index contributed by atoms with van der Waals surface area (Å²) in [6, 6.07) is 0. The molecule has 0 amide bonds. The van der Waals surface area contributed by atoms with Crippen molar-refractivity contribution >= 4 is 0 Å². The molecular formula is AuF5. The van der Waals surface area contributed by atoms with E-state index in [1.54, 1.807) is 0 Å². The van der Waals surface area contributed by atoms with E-state index in [1.807, 2.05) is 0 Å². The molecule has 0 radical (unpaired) electrons. The van der Waals surface area contributed by atoms with Crippen LogP contribution in [0.3, 0.4) is 0 Å². The minimum absolute atomic E-state index is 9.00. The van der Waals surface area contributed by atoms with Crippen LogP contribution in [0.25, 0.3) is 0 Å². The fourth-order valence-electron chi connectivity index (χ4n) is 0. The maximum atomic E-state index is 9.89. The van der Waals surface area contributed by atoms with Gasteiger partial charge in [0.05, 0.1) is 0 Å². The van der Waals surface area contributed by atoms with E-state index in [4.69, 9.17) is 0 Å². The van der Waals surface area contributed by atoms with Crippen molar-refractivity contribution in [2.45, 2.75) is 0 Å². The molecule has 0 bridgehead atoms. The molecule has 0 atom stereocenters. The topological polar surface area (TPSA) is 0 Å². The summed E-state index contributed by atoms with van der Waals surface area (Å²) in [7, 11) is 0. The number of halogens is 5. The first kappa shape index (κ1) is 6.39. The summed E-state index contributed by atoms with van der Waals surface area (Å²) in [5.41, 5.74) is 0. The van der Waals surface area contributed by atoms with Crippen molar-refractivity contribution in [1.82, 2.24) is 0 Å². The van der Waals surface area contributed by atoms with Crippen LogP contribution in [-0.2, 0) is 18.5 Å². The van der Waals surface area contributed by atoms with Gasteiger partial charge in [-0.1, -0.05) is 0 Å². The van der Waals surface area contributed by atoms with E-state index in [2.05, 4.69) is 0 Å². The Morgan fingerprint density at radius 2 is 0.667 bits per heavy atom. The molecule has 0 heterocycles. The van der Waals surface area contributed by atoms with E-state index in [9.17, 15) is 15.1 Å². The van der Waals surface area contributed by atoms with Crippen molar-refractivity contribution in [3.8, 4) is 0 Å². The second-order valence-corrected chi connectivity index (χ2v) is 3.53. The molecule has 0 aliphatic rings. The molecule has 0 aromatic carbocycles. The standard InChI is InChI=1S/Au.5FH/h;5*1H/q+5;;;;;/p-5. The number of hydrogen-bond donors (Lipinski definition) is 0. The molecule has 0 aromatic heterocycles. The van der Waals surface area contributed by atoms with Crippen LogP contribution in [0.5, 0.6) is 0 Å². The monoisotopic (exact) mass is 292 g/mol. The molecule has 0 unspecified atom stereocenters. The Kier molecular flexibility index (Phi) is 1.02. The average Bonchev–Trinajstić information content (AvgIpc) is 0.650. The van der Waals surface area contributed by atoms with E-state index in [-0.39, 0.29) is 0 Å². The molecule has 0 saturated heterocycles. The van der Waals surface area contributed by atoms with Crippen molar-refractivity contribution < 1.29 is 33.7 Å². The third-order valence-corrected chi connectivity index (χ3v) is 0. The minimum atomic E-state index is -9.00. The van der Waals surface area contributed by atoms with Crippen LogP contribution < -0.4 is 0 Å². The van der Waals surface area contributed by atoms with Crippen molar-refractivity contribution in [2.24, 2.45) is 0 Å². The fourth-order valence-corrected chi connectivity index (χ4v) is 0. The Morgan fingerprint density at radius 1 is 0.667 bits per heavy atom. The molecular weight excluding hydrogens is 292 g/mol. The van der Waals surface area contributed by atoms with Crippen LogP contribution in [0.1, 0.15) is 0 Å². The maximum absolute atomic E-state index is 9.89. The molecule has 6 heavy (non-hydrogen) atoms. The van der Waals surface area contributed by atoms with Gasteiger partial charge in [0, 0.05) is 0 Å². The van der Waals surface area contributed by atoms with E-state index < -0.39 is 18.5 Å². The van der Waals surface area contributed by atoms with Gasteiger partial charge in [-0.15, -0.1) is 0 Å². The zero-order valence-electron chi connectivity index (χ0n) is 2.19. The summed E-state index contributed by atoms with van der Waals surface area (Å²) in [6.07, 6.45) is 0. The van der Waals surface area contributed by atoms with Crippen molar-refractivity contribution in [1.29, 1.82) is 0 Å². The van der Waals surface area contributed by atoms with E-state index in [1.165, 1.54) is 0 Å². The van der Waals surface area contributed by atoms with Crippen LogP contribution in [0, 0.1) is 0 Å². The summed E-state index contributed by atoms with van der Waals surface area (Å²) in [6.45, 7) is 0. The van der Waals surface area contributed by atoms with Gasteiger partial charge in [0.25, 0.3) is 0 Å². The number of hydrogen-bond acceptors (Lipinski definition) is 0. The van der Waals surface area contributed by atoms with Gasteiger partial charge in [-0.25, -0.2) is 0 Å². The third-order valence-electron chi connectivity index (χ3n) is 0. The summed E-state index contributed by atoms with van der Waals surface area (Å²) in [5, 5.41) is 0. The van der Waals surface area contributed by atoms with Gasteiger partial charge in [-0.3, -0.25) is 0 Å². The first-order chi connectivity index (χ1) is 2.24. The van der Waals surface area contributed by atoms with E-state index in [0.717, 1.165) is 0 Å². The first-order valence-corrected chi connectivity index (χ1v) is 4.66.